The Kier molecular flexibility index (Phi) is 50.9. The molecule has 1 N–H and O–H groups in total. The van der Waals surface area contributed by atoms with Crippen molar-refractivity contribution in [2.24, 2.45) is 0 Å². The van der Waals surface area contributed by atoms with E-state index in [4.69, 9.17) is 9.47 Å². The molecule has 362 valence electrons. The molecule has 0 aromatic rings. The lowest BCUT2D eigenvalue weighted by molar-refractivity contribution is -0.161. The highest BCUT2D eigenvalue weighted by molar-refractivity contribution is 5.70. The molecule has 0 radical (unpaired) electrons. The third-order valence-electron chi connectivity index (χ3n) is 11.4. The van der Waals surface area contributed by atoms with Crippen LogP contribution in [0.1, 0.15) is 251 Å². The summed E-state index contributed by atoms with van der Waals surface area (Å²) in [7, 11) is 0. The molecule has 0 aliphatic rings. The molecule has 0 saturated heterocycles. The van der Waals surface area contributed by atoms with E-state index in [0.29, 0.717) is 12.8 Å². The van der Waals surface area contributed by atoms with E-state index in [1.54, 1.807) is 0 Å². The summed E-state index contributed by atoms with van der Waals surface area (Å²) in [5.41, 5.74) is 0. The molecule has 0 rings (SSSR count). The maximum absolute atomic E-state index is 12.3. The third kappa shape index (κ3) is 51.6. The summed E-state index contributed by atoms with van der Waals surface area (Å²) >= 11 is 0. The second-order valence-corrected chi connectivity index (χ2v) is 17.6. The summed E-state index contributed by atoms with van der Waals surface area (Å²) in [6, 6.07) is 0. The van der Waals surface area contributed by atoms with Crippen LogP contribution in [0.5, 0.6) is 0 Å². The Morgan fingerprint density at radius 1 is 0.381 bits per heavy atom. The molecule has 5 heteroatoms. The van der Waals surface area contributed by atoms with Gasteiger partial charge in [0, 0.05) is 12.8 Å². The summed E-state index contributed by atoms with van der Waals surface area (Å²) in [6.45, 7) is 4.02. The smallest absolute Gasteiger partial charge is 0.306 e. The number of carbonyl (C=O) groups excluding carboxylic acids is 2. The van der Waals surface area contributed by atoms with Gasteiger partial charge in [-0.1, -0.05) is 234 Å². The molecule has 0 aliphatic heterocycles. The van der Waals surface area contributed by atoms with Crippen LogP contribution in [0.4, 0.5) is 0 Å². The maximum Gasteiger partial charge on any atom is 0.306 e. The maximum atomic E-state index is 12.3. The van der Waals surface area contributed by atoms with Gasteiger partial charge >= 0.3 is 11.9 Å². The molecule has 0 aromatic heterocycles. The number of hydrogen-bond donors (Lipinski definition) is 1. The second-order valence-electron chi connectivity index (χ2n) is 17.6. The summed E-state index contributed by atoms with van der Waals surface area (Å²) in [5.74, 6) is -0.597. The van der Waals surface area contributed by atoms with Crippen LogP contribution in [-0.4, -0.2) is 36.4 Å². The minimum absolute atomic E-state index is 0.0706. The first kappa shape index (κ1) is 60.1. The Bertz CT molecular complexity index is 1170. The predicted octanol–water partition coefficient (Wildman–Crippen LogP) is 17.8. The molecule has 0 aliphatic carbocycles. The van der Waals surface area contributed by atoms with Crippen molar-refractivity contribution in [3.63, 3.8) is 0 Å². The summed E-state index contributed by atoms with van der Waals surface area (Å²) in [6.07, 6.45) is 74.1. The van der Waals surface area contributed by atoms with Crippen LogP contribution in [0.25, 0.3) is 0 Å². The molecule has 1 unspecified atom stereocenters. The van der Waals surface area contributed by atoms with E-state index in [1.807, 2.05) is 0 Å². The molecule has 0 amide bonds. The normalized spacial score (nSPS) is 12.9. The van der Waals surface area contributed by atoms with Crippen molar-refractivity contribution in [3.05, 3.63) is 85.1 Å². The Labute approximate surface area is 390 Å². The van der Waals surface area contributed by atoms with E-state index >= 15 is 0 Å². The molecule has 1 atom stereocenters. The summed E-state index contributed by atoms with van der Waals surface area (Å²) < 4.78 is 10.7. The molecule has 0 aromatic carbocycles. The number of rotatable bonds is 48. The van der Waals surface area contributed by atoms with Crippen LogP contribution >= 0.6 is 0 Å². The zero-order chi connectivity index (χ0) is 45.6. The largest absolute Gasteiger partial charge is 0.462 e. The van der Waals surface area contributed by atoms with Gasteiger partial charge in [-0.3, -0.25) is 9.59 Å². The highest BCUT2D eigenvalue weighted by Crippen LogP contribution is 2.15. The molecule has 0 saturated carbocycles. The van der Waals surface area contributed by atoms with Gasteiger partial charge in [-0.25, -0.2) is 0 Å². The van der Waals surface area contributed by atoms with Gasteiger partial charge in [0.15, 0.2) is 6.10 Å². The van der Waals surface area contributed by atoms with Crippen molar-refractivity contribution in [3.8, 4) is 0 Å². The topological polar surface area (TPSA) is 72.8 Å². The minimum Gasteiger partial charge on any atom is -0.462 e. The standard InChI is InChI=1S/C58H100O5/c1-3-5-7-9-11-13-15-17-19-20-21-22-23-24-25-26-27-28-29-30-31-32-33-34-35-36-37-38-39-41-43-45-47-49-51-53-58(61)63-56(54-59)55-62-57(60)52-50-48-46-44-42-40-18-16-14-12-10-8-6-4-2/h5,7,11,13,16-19,21-22,24-25,27-28,56,59H,3-4,6,8-10,12,14-15,20,23,26,29-55H2,1-2H3/b7-5-,13-11-,18-16-,19-17-,22-21-,25-24-,28-27-. The van der Waals surface area contributed by atoms with Gasteiger partial charge in [-0.2, -0.15) is 0 Å². The third-order valence-corrected chi connectivity index (χ3v) is 11.4. The number of carbonyl (C=O) groups is 2. The monoisotopic (exact) mass is 877 g/mol. The number of hydrogen-bond acceptors (Lipinski definition) is 5. The lowest BCUT2D eigenvalue weighted by Gasteiger charge is -2.15. The Morgan fingerprint density at radius 2 is 0.683 bits per heavy atom. The molecular formula is C58H100O5. The number of esters is 2. The number of ether oxygens (including phenoxy) is 2. The quantitative estimate of drug-likeness (QED) is 0.0374. The van der Waals surface area contributed by atoms with Crippen molar-refractivity contribution >= 4 is 11.9 Å². The zero-order valence-electron chi connectivity index (χ0n) is 41.3. The van der Waals surface area contributed by atoms with Crippen LogP contribution in [-0.2, 0) is 19.1 Å². The van der Waals surface area contributed by atoms with Crippen LogP contribution in [0.3, 0.4) is 0 Å². The first-order valence-corrected chi connectivity index (χ1v) is 26.6. The first-order chi connectivity index (χ1) is 31.1. The van der Waals surface area contributed by atoms with Crippen molar-refractivity contribution in [2.75, 3.05) is 13.2 Å². The Morgan fingerprint density at radius 3 is 1.05 bits per heavy atom. The SMILES string of the molecule is CC/C=C\C/C=C\C/C=C\C/C=C\C/C=C\C/C=C\CCCCCCCCCCCCCCCCCCC(=O)OC(CO)COC(=O)CCCCCCC/C=C\CCCCCCC. The van der Waals surface area contributed by atoms with Crippen LogP contribution < -0.4 is 0 Å². The average molecular weight is 877 g/mol. The fourth-order valence-corrected chi connectivity index (χ4v) is 7.44. The lowest BCUT2D eigenvalue weighted by Crippen LogP contribution is -2.28. The van der Waals surface area contributed by atoms with Gasteiger partial charge in [0.05, 0.1) is 6.61 Å². The lowest BCUT2D eigenvalue weighted by atomic mass is 10.0. The van der Waals surface area contributed by atoms with Gasteiger partial charge in [0.1, 0.15) is 6.61 Å². The highest BCUT2D eigenvalue weighted by Gasteiger charge is 2.16. The first-order valence-electron chi connectivity index (χ1n) is 26.6. The Hall–Kier alpha value is -2.92. The van der Waals surface area contributed by atoms with Crippen molar-refractivity contribution in [2.45, 2.75) is 258 Å². The number of aliphatic hydroxyl groups is 1. The molecular weight excluding hydrogens is 777 g/mol. The molecule has 0 bridgehead atoms. The van der Waals surface area contributed by atoms with E-state index in [0.717, 1.165) is 83.5 Å². The van der Waals surface area contributed by atoms with Gasteiger partial charge in [-0.15, -0.1) is 0 Å². The zero-order valence-corrected chi connectivity index (χ0v) is 41.3. The molecule has 0 spiro atoms. The predicted molar refractivity (Wildman–Crippen MR) is 274 cm³/mol. The van der Waals surface area contributed by atoms with E-state index in [-0.39, 0.29) is 25.2 Å². The molecule has 0 fully saturated rings. The van der Waals surface area contributed by atoms with E-state index in [9.17, 15) is 14.7 Å². The van der Waals surface area contributed by atoms with Crippen molar-refractivity contribution in [1.29, 1.82) is 0 Å². The molecule has 63 heavy (non-hydrogen) atoms. The van der Waals surface area contributed by atoms with Gasteiger partial charge in [0.2, 0.25) is 0 Å². The molecule has 5 nitrogen and oxygen atoms in total. The number of allylic oxidation sites excluding steroid dienone is 14. The fourth-order valence-electron chi connectivity index (χ4n) is 7.44. The average Bonchev–Trinajstić information content (AvgIpc) is 3.29. The van der Waals surface area contributed by atoms with E-state index in [1.165, 1.54) is 141 Å². The second kappa shape index (κ2) is 53.4. The van der Waals surface area contributed by atoms with E-state index < -0.39 is 6.10 Å². The highest BCUT2D eigenvalue weighted by atomic mass is 16.6. The summed E-state index contributed by atoms with van der Waals surface area (Å²) in [4.78, 5) is 24.4. The number of unbranched alkanes of at least 4 members (excludes halogenated alkanes) is 26. The number of aliphatic hydroxyl groups excluding tert-OH is 1. The Balaban J connectivity index is 3.48. The van der Waals surface area contributed by atoms with Gasteiger partial charge in [0.25, 0.3) is 0 Å². The molecule has 0 heterocycles. The van der Waals surface area contributed by atoms with Crippen molar-refractivity contribution in [1.82, 2.24) is 0 Å². The van der Waals surface area contributed by atoms with Crippen molar-refractivity contribution < 1.29 is 24.2 Å². The van der Waals surface area contributed by atoms with Gasteiger partial charge in [-0.05, 0) is 89.9 Å². The van der Waals surface area contributed by atoms with Crippen LogP contribution in [0.2, 0.25) is 0 Å². The minimum atomic E-state index is -0.777. The van der Waals surface area contributed by atoms with Gasteiger partial charge < -0.3 is 14.6 Å². The fraction of sp³-hybridized carbons (Fsp3) is 0.724. The summed E-state index contributed by atoms with van der Waals surface area (Å²) in [5, 5.41) is 9.62. The van der Waals surface area contributed by atoms with Crippen LogP contribution in [0.15, 0.2) is 85.1 Å². The van der Waals surface area contributed by atoms with Crippen LogP contribution in [0, 0.1) is 0 Å². The van der Waals surface area contributed by atoms with E-state index in [2.05, 4.69) is 98.9 Å².